The number of aryl methyl sites for hydroxylation is 4. The number of para-hydroxylation sites is 1. The van der Waals surface area contributed by atoms with Crippen LogP contribution in [-0.2, 0) is 10.5 Å². The van der Waals surface area contributed by atoms with Crippen molar-refractivity contribution >= 4 is 39.8 Å². The molecular weight excluding hydrogens is 438 g/mol. The number of anilines is 2. The van der Waals surface area contributed by atoms with E-state index in [2.05, 4.69) is 48.3 Å². The van der Waals surface area contributed by atoms with Crippen molar-refractivity contribution in [2.45, 2.75) is 45.5 Å². The molecule has 0 N–H and O–H groups in total. The maximum atomic E-state index is 12.6. The summed E-state index contributed by atoms with van der Waals surface area (Å²) < 4.78 is 1.99. The number of carbonyl (C=O) groups excluding carboxylic acids is 1. The second-order valence-corrected chi connectivity index (χ2v) is 9.56. The fourth-order valence-corrected chi connectivity index (χ4v) is 5.63. The smallest absolute Gasteiger partial charge is 0.230 e. The Labute approximate surface area is 196 Å². The molecule has 0 aliphatic carbocycles. The van der Waals surface area contributed by atoms with Gasteiger partial charge in [0, 0.05) is 18.1 Å². The highest BCUT2D eigenvalue weighted by atomic mass is 32.2. The standard InChI is InChI=1S/C24H25N5OS2/c1-15-10-17(3)22(18(4)11-15)29(19(5)30)23-26-20(12-31-23)13-32-24-27-25-14-28(24)21-9-7-6-8-16(21)2/h6-12,14H,13H2,1-5H3. The van der Waals surface area contributed by atoms with Crippen molar-refractivity contribution in [2.24, 2.45) is 0 Å². The minimum atomic E-state index is -0.0482. The summed E-state index contributed by atoms with van der Waals surface area (Å²) in [5, 5.41) is 11.9. The molecule has 0 aliphatic rings. The van der Waals surface area contributed by atoms with E-state index in [1.165, 1.54) is 16.9 Å². The Morgan fingerprint density at radius 2 is 1.81 bits per heavy atom. The van der Waals surface area contributed by atoms with Crippen LogP contribution in [0.25, 0.3) is 5.69 Å². The summed E-state index contributed by atoms with van der Waals surface area (Å²) in [7, 11) is 0. The molecule has 0 saturated heterocycles. The van der Waals surface area contributed by atoms with Crippen molar-refractivity contribution in [2.75, 3.05) is 4.90 Å². The molecule has 2 aromatic carbocycles. The van der Waals surface area contributed by atoms with Crippen molar-refractivity contribution < 1.29 is 4.79 Å². The molecule has 2 heterocycles. The molecule has 32 heavy (non-hydrogen) atoms. The first-order valence-electron chi connectivity index (χ1n) is 10.3. The Balaban J connectivity index is 1.57. The summed E-state index contributed by atoms with van der Waals surface area (Å²) >= 11 is 3.06. The zero-order valence-electron chi connectivity index (χ0n) is 18.8. The summed E-state index contributed by atoms with van der Waals surface area (Å²) in [5.41, 5.74) is 7.35. The first kappa shape index (κ1) is 22.2. The highest BCUT2D eigenvalue weighted by molar-refractivity contribution is 7.98. The van der Waals surface area contributed by atoms with E-state index < -0.39 is 0 Å². The van der Waals surface area contributed by atoms with E-state index in [0.29, 0.717) is 10.9 Å². The largest absolute Gasteiger partial charge is 0.276 e. The lowest BCUT2D eigenvalue weighted by atomic mass is 10.0. The third-order valence-electron chi connectivity index (χ3n) is 5.15. The molecule has 0 bridgehead atoms. The number of benzene rings is 2. The van der Waals surface area contributed by atoms with Crippen LogP contribution in [0, 0.1) is 27.7 Å². The van der Waals surface area contributed by atoms with Gasteiger partial charge < -0.3 is 0 Å². The normalized spacial score (nSPS) is 11.0. The number of aromatic nitrogens is 4. The van der Waals surface area contributed by atoms with Crippen LogP contribution in [0.1, 0.15) is 34.9 Å². The minimum absolute atomic E-state index is 0.0482. The van der Waals surface area contributed by atoms with Gasteiger partial charge in [-0.3, -0.25) is 14.3 Å². The Hall–Kier alpha value is -2.97. The van der Waals surface area contributed by atoms with Gasteiger partial charge in [-0.15, -0.1) is 21.5 Å². The number of hydrogen-bond donors (Lipinski definition) is 0. The van der Waals surface area contributed by atoms with Crippen molar-refractivity contribution in [3.05, 3.63) is 76.1 Å². The summed E-state index contributed by atoms with van der Waals surface area (Å²) in [6.07, 6.45) is 1.73. The van der Waals surface area contributed by atoms with Crippen molar-refractivity contribution in [1.82, 2.24) is 19.7 Å². The number of nitrogens with zero attached hydrogens (tertiary/aromatic N) is 5. The van der Waals surface area contributed by atoms with Gasteiger partial charge in [0.1, 0.15) is 6.33 Å². The highest BCUT2D eigenvalue weighted by Gasteiger charge is 2.22. The zero-order chi connectivity index (χ0) is 22.8. The van der Waals surface area contributed by atoms with Gasteiger partial charge in [0.05, 0.1) is 17.1 Å². The number of thiazole rings is 1. The maximum absolute atomic E-state index is 12.6. The average molecular weight is 464 g/mol. The Kier molecular flexibility index (Phi) is 6.43. The maximum Gasteiger partial charge on any atom is 0.230 e. The van der Waals surface area contributed by atoms with Crippen molar-refractivity contribution in [3.8, 4) is 5.69 Å². The van der Waals surface area contributed by atoms with Crippen molar-refractivity contribution in [1.29, 1.82) is 0 Å². The average Bonchev–Trinajstić information content (AvgIpc) is 3.38. The number of rotatable bonds is 6. The van der Waals surface area contributed by atoms with E-state index in [0.717, 1.165) is 38.9 Å². The van der Waals surface area contributed by atoms with E-state index in [1.807, 2.05) is 35.9 Å². The second-order valence-electron chi connectivity index (χ2n) is 7.78. The Morgan fingerprint density at radius 3 is 2.50 bits per heavy atom. The van der Waals surface area contributed by atoms with E-state index in [4.69, 9.17) is 4.98 Å². The molecule has 0 aliphatic heterocycles. The molecule has 0 spiro atoms. The van der Waals surface area contributed by atoms with E-state index >= 15 is 0 Å². The van der Waals surface area contributed by atoms with E-state index in [9.17, 15) is 4.79 Å². The molecule has 1 amide bonds. The predicted molar refractivity (Wildman–Crippen MR) is 131 cm³/mol. The van der Waals surface area contributed by atoms with Crippen LogP contribution in [0.15, 0.2) is 53.3 Å². The van der Waals surface area contributed by atoms with Gasteiger partial charge in [0.25, 0.3) is 0 Å². The van der Waals surface area contributed by atoms with Gasteiger partial charge >= 0.3 is 0 Å². The SMILES string of the molecule is CC(=O)N(c1nc(CSc2nncn2-c2ccccc2C)cs1)c1c(C)cc(C)cc1C. The lowest BCUT2D eigenvalue weighted by Gasteiger charge is -2.23. The number of thioether (sulfide) groups is 1. The molecule has 0 unspecified atom stereocenters. The Morgan fingerprint density at radius 1 is 1.09 bits per heavy atom. The molecule has 0 saturated carbocycles. The summed E-state index contributed by atoms with van der Waals surface area (Å²) in [6, 6.07) is 12.4. The lowest BCUT2D eigenvalue weighted by Crippen LogP contribution is -2.24. The summed E-state index contributed by atoms with van der Waals surface area (Å²) in [4.78, 5) is 19.1. The predicted octanol–water partition coefficient (Wildman–Crippen LogP) is 5.93. The monoisotopic (exact) mass is 463 g/mol. The first-order valence-corrected chi connectivity index (χ1v) is 12.1. The van der Waals surface area contributed by atoms with Crippen molar-refractivity contribution in [3.63, 3.8) is 0 Å². The highest BCUT2D eigenvalue weighted by Crippen LogP contribution is 2.35. The second kappa shape index (κ2) is 9.26. The summed E-state index contributed by atoms with van der Waals surface area (Å²) in [6.45, 7) is 9.79. The number of hydrogen-bond acceptors (Lipinski definition) is 6. The zero-order valence-corrected chi connectivity index (χ0v) is 20.4. The van der Waals surface area contributed by atoms with Gasteiger partial charge in [-0.25, -0.2) is 4.98 Å². The number of amides is 1. The quantitative estimate of drug-likeness (QED) is 0.331. The molecule has 0 radical (unpaired) electrons. The molecule has 0 atom stereocenters. The fourth-order valence-electron chi connectivity index (χ4n) is 3.84. The lowest BCUT2D eigenvalue weighted by molar-refractivity contribution is -0.115. The first-order chi connectivity index (χ1) is 15.3. The molecular formula is C24H25N5OS2. The van der Waals surface area contributed by atoms with Crippen LogP contribution in [0.3, 0.4) is 0 Å². The van der Waals surface area contributed by atoms with Crippen LogP contribution < -0.4 is 4.90 Å². The Bertz CT molecular complexity index is 1250. The molecule has 0 fully saturated rings. The topological polar surface area (TPSA) is 63.9 Å². The molecule has 6 nitrogen and oxygen atoms in total. The van der Waals surface area contributed by atoms with Gasteiger partial charge in [-0.05, 0) is 50.5 Å². The molecule has 2 aromatic heterocycles. The van der Waals surface area contributed by atoms with Crippen LogP contribution >= 0.6 is 23.1 Å². The minimum Gasteiger partial charge on any atom is -0.276 e. The van der Waals surface area contributed by atoms with E-state index in [-0.39, 0.29) is 5.91 Å². The molecule has 164 valence electrons. The molecule has 4 aromatic rings. The van der Waals surface area contributed by atoms with Gasteiger partial charge in [-0.1, -0.05) is 47.7 Å². The van der Waals surface area contributed by atoms with Crippen LogP contribution in [0.2, 0.25) is 0 Å². The van der Waals surface area contributed by atoms with Gasteiger partial charge in [0.2, 0.25) is 5.91 Å². The van der Waals surface area contributed by atoms with Crippen LogP contribution in [-0.4, -0.2) is 25.7 Å². The van der Waals surface area contributed by atoms with Crippen LogP contribution in [0.4, 0.5) is 10.8 Å². The number of carbonyl (C=O) groups is 1. The summed E-state index contributed by atoms with van der Waals surface area (Å²) in [5.74, 6) is 0.589. The third kappa shape index (κ3) is 4.47. The van der Waals surface area contributed by atoms with Gasteiger partial charge in [-0.2, -0.15) is 0 Å². The van der Waals surface area contributed by atoms with E-state index in [1.54, 1.807) is 29.9 Å². The van der Waals surface area contributed by atoms with Gasteiger partial charge in [0.15, 0.2) is 10.3 Å². The molecule has 4 rings (SSSR count). The fraction of sp³-hybridized carbons (Fsp3) is 0.250. The third-order valence-corrected chi connectivity index (χ3v) is 7.00. The molecule has 8 heteroatoms. The van der Waals surface area contributed by atoms with Crippen LogP contribution in [0.5, 0.6) is 0 Å².